The molecule has 0 spiro atoms. The Labute approximate surface area is 135 Å². The molecule has 0 aliphatic heterocycles. The number of para-hydroxylation sites is 1. The number of anilines is 1. The first kappa shape index (κ1) is 14.9. The van der Waals surface area contributed by atoms with Gasteiger partial charge < -0.3 is 10.5 Å². The molecule has 3 aromatic rings. The molecule has 0 saturated heterocycles. The number of aryl methyl sites for hydroxylation is 1. The number of rotatable bonds is 4. The SMILES string of the molecule is Cc1cc(N)ccc1Oc1ccccc1C(=O)c1ccccc1. The molecule has 0 unspecified atom stereocenters. The molecule has 0 aromatic heterocycles. The van der Waals surface area contributed by atoms with Gasteiger partial charge in [0.2, 0.25) is 0 Å². The molecule has 0 radical (unpaired) electrons. The second kappa shape index (κ2) is 6.36. The van der Waals surface area contributed by atoms with Crippen LogP contribution in [0.5, 0.6) is 11.5 Å². The van der Waals surface area contributed by atoms with Crippen LogP contribution < -0.4 is 10.5 Å². The molecule has 0 heterocycles. The van der Waals surface area contributed by atoms with E-state index >= 15 is 0 Å². The standard InChI is InChI=1S/C20H17NO2/c1-14-13-16(21)11-12-18(14)23-19-10-6-5-9-17(19)20(22)15-7-3-2-4-8-15/h2-13H,21H2,1H3. The predicted molar refractivity (Wildman–Crippen MR) is 92.0 cm³/mol. The number of hydrogen-bond donors (Lipinski definition) is 1. The van der Waals surface area contributed by atoms with Crippen LogP contribution in [-0.4, -0.2) is 5.78 Å². The van der Waals surface area contributed by atoms with Crippen molar-refractivity contribution < 1.29 is 9.53 Å². The number of carbonyl (C=O) groups excluding carboxylic acids is 1. The van der Waals surface area contributed by atoms with Gasteiger partial charge in [-0.3, -0.25) is 4.79 Å². The number of nitrogens with two attached hydrogens (primary N) is 1. The number of carbonyl (C=O) groups is 1. The van der Waals surface area contributed by atoms with E-state index in [-0.39, 0.29) is 5.78 Å². The maximum Gasteiger partial charge on any atom is 0.196 e. The third-order valence-corrected chi connectivity index (χ3v) is 3.59. The van der Waals surface area contributed by atoms with Gasteiger partial charge in [-0.2, -0.15) is 0 Å². The number of benzene rings is 3. The van der Waals surface area contributed by atoms with Crippen molar-refractivity contribution in [2.24, 2.45) is 0 Å². The smallest absolute Gasteiger partial charge is 0.196 e. The van der Waals surface area contributed by atoms with Gasteiger partial charge in [-0.15, -0.1) is 0 Å². The Balaban J connectivity index is 1.97. The highest BCUT2D eigenvalue weighted by Gasteiger charge is 2.15. The zero-order chi connectivity index (χ0) is 16.2. The Morgan fingerprint density at radius 2 is 1.57 bits per heavy atom. The van der Waals surface area contributed by atoms with Gasteiger partial charge in [0.15, 0.2) is 5.78 Å². The molecule has 3 rings (SSSR count). The van der Waals surface area contributed by atoms with E-state index in [2.05, 4.69) is 0 Å². The van der Waals surface area contributed by atoms with Crippen molar-refractivity contribution in [3.8, 4) is 11.5 Å². The van der Waals surface area contributed by atoms with Gasteiger partial charge in [-0.1, -0.05) is 42.5 Å². The molecule has 3 aromatic carbocycles. The van der Waals surface area contributed by atoms with Crippen molar-refractivity contribution >= 4 is 11.5 Å². The van der Waals surface area contributed by atoms with Crippen LogP contribution in [0, 0.1) is 6.92 Å². The lowest BCUT2D eigenvalue weighted by Gasteiger charge is -2.12. The maximum atomic E-state index is 12.7. The molecule has 0 aliphatic rings. The lowest BCUT2D eigenvalue weighted by Crippen LogP contribution is -2.03. The number of ether oxygens (including phenoxy) is 1. The van der Waals surface area contributed by atoms with E-state index in [1.807, 2.05) is 49.4 Å². The van der Waals surface area contributed by atoms with Gasteiger partial charge in [0.25, 0.3) is 0 Å². The van der Waals surface area contributed by atoms with Crippen LogP contribution in [0.25, 0.3) is 0 Å². The highest BCUT2D eigenvalue weighted by molar-refractivity contribution is 6.10. The van der Waals surface area contributed by atoms with Gasteiger partial charge >= 0.3 is 0 Å². The van der Waals surface area contributed by atoms with Crippen LogP contribution in [0.15, 0.2) is 72.8 Å². The lowest BCUT2D eigenvalue weighted by atomic mass is 10.0. The molecular weight excluding hydrogens is 286 g/mol. The Kier molecular flexibility index (Phi) is 4.11. The summed E-state index contributed by atoms with van der Waals surface area (Å²) in [7, 11) is 0. The molecule has 0 saturated carbocycles. The highest BCUT2D eigenvalue weighted by Crippen LogP contribution is 2.30. The van der Waals surface area contributed by atoms with Crippen LogP contribution in [0.2, 0.25) is 0 Å². The molecular formula is C20H17NO2. The summed E-state index contributed by atoms with van der Waals surface area (Å²) >= 11 is 0. The first-order valence-electron chi connectivity index (χ1n) is 7.38. The van der Waals surface area contributed by atoms with Crippen molar-refractivity contribution in [3.05, 3.63) is 89.5 Å². The topological polar surface area (TPSA) is 52.3 Å². The average molecular weight is 303 g/mol. The summed E-state index contributed by atoms with van der Waals surface area (Å²) in [4.78, 5) is 12.7. The minimum atomic E-state index is -0.0608. The van der Waals surface area contributed by atoms with E-state index in [1.54, 1.807) is 30.3 Å². The summed E-state index contributed by atoms with van der Waals surface area (Å²) < 4.78 is 5.96. The van der Waals surface area contributed by atoms with Crippen molar-refractivity contribution in [3.63, 3.8) is 0 Å². The average Bonchev–Trinajstić information content (AvgIpc) is 2.58. The maximum absolute atomic E-state index is 12.7. The van der Waals surface area contributed by atoms with Gasteiger partial charge in [0.1, 0.15) is 11.5 Å². The Morgan fingerprint density at radius 3 is 2.30 bits per heavy atom. The third-order valence-electron chi connectivity index (χ3n) is 3.59. The van der Waals surface area contributed by atoms with Gasteiger partial charge in [-0.05, 0) is 42.8 Å². The fourth-order valence-corrected chi connectivity index (χ4v) is 2.39. The van der Waals surface area contributed by atoms with Gasteiger partial charge in [-0.25, -0.2) is 0 Å². The highest BCUT2D eigenvalue weighted by atomic mass is 16.5. The molecule has 23 heavy (non-hydrogen) atoms. The molecule has 3 nitrogen and oxygen atoms in total. The van der Waals surface area contributed by atoms with E-state index in [0.29, 0.717) is 28.3 Å². The summed E-state index contributed by atoms with van der Waals surface area (Å²) in [6, 6.07) is 21.9. The molecule has 0 amide bonds. The molecule has 0 atom stereocenters. The van der Waals surface area contributed by atoms with Crippen molar-refractivity contribution in [2.75, 3.05) is 5.73 Å². The van der Waals surface area contributed by atoms with Gasteiger partial charge in [0.05, 0.1) is 5.56 Å². The van der Waals surface area contributed by atoms with Crippen LogP contribution in [0.3, 0.4) is 0 Å². The lowest BCUT2D eigenvalue weighted by molar-refractivity contribution is 0.103. The van der Waals surface area contributed by atoms with Crippen LogP contribution in [0.1, 0.15) is 21.5 Å². The fraction of sp³-hybridized carbons (Fsp3) is 0.0500. The molecule has 0 bridgehead atoms. The summed E-state index contributed by atoms with van der Waals surface area (Å²) in [5, 5.41) is 0. The third kappa shape index (κ3) is 3.24. The molecule has 114 valence electrons. The van der Waals surface area contributed by atoms with Crippen molar-refractivity contribution in [2.45, 2.75) is 6.92 Å². The monoisotopic (exact) mass is 303 g/mol. The Hall–Kier alpha value is -3.07. The fourth-order valence-electron chi connectivity index (χ4n) is 2.39. The molecule has 0 fully saturated rings. The molecule has 3 heteroatoms. The molecule has 0 aliphatic carbocycles. The number of nitrogen functional groups attached to an aromatic ring is 1. The van der Waals surface area contributed by atoms with E-state index in [1.165, 1.54) is 0 Å². The number of hydrogen-bond acceptors (Lipinski definition) is 3. The van der Waals surface area contributed by atoms with Crippen LogP contribution in [-0.2, 0) is 0 Å². The van der Waals surface area contributed by atoms with Crippen LogP contribution >= 0.6 is 0 Å². The van der Waals surface area contributed by atoms with E-state index in [4.69, 9.17) is 10.5 Å². The van der Waals surface area contributed by atoms with E-state index in [0.717, 1.165) is 5.56 Å². The predicted octanol–water partition coefficient (Wildman–Crippen LogP) is 4.60. The minimum Gasteiger partial charge on any atom is -0.456 e. The molecule has 2 N–H and O–H groups in total. The summed E-state index contributed by atoms with van der Waals surface area (Å²) in [6.45, 7) is 1.92. The zero-order valence-electron chi connectivity index (χ0n) is 12.8. The first-order chi connectivity index (χ1) is 11.1. The minimum absolute atomic E-state index is 0.0608. The Morgan fingerprint density at radius 1 is 0.870 bits per heavy atom. The first-order valence-corrected chi connectivity index (χ1v) is 7.38. The van der Waals surface area contributed by atoms with Crippen LogP contribution in [0.4, 0.5) is 5.69 Å². The van der Waals surface area contributed by atoms with E-state index < -0.39 is 0 Å². The summed E-state index contributed by atoms with van der Waals surface area (Å²) in [6.07, 6.45) is 0. The second-order valence-corrected chi connectivity index (χ2v) is 5.32. The van der Waals surface area contributed by atoms with Gasteiger partial charge in [0, 0.05) is 11.3 Å². The largest absolute Gasteiger partial charge is 0.456 e. The van der Waals surface area contributed by atoms with Crippen molar-refractivity contribution in [1.29, 1.82) is 0 Å². The quantitative estimate of drug-likeness (QED) is 0.566. The zero-order valence-corrected chi connectivity index (χ0v) is 12.8. The van der Waals surface area contributed by atoms with Crippen molar-refractivity contribution in [1.82, 2.24) is 0 Å². The number of ketones is 1. The summed E-state index contributed by atoms with van der Waals surface area (Å²) in [5.41, 5.74) is 8.55. The second-order valence-electron chi connectivity index (χ2n) is 5.32. The Bertz CT molecular complexity index is 841. The summed E-state index contributed by atoms with van der Waals surface area (Å²) in [5.74, 6) is 1.16. The van der Waals surface area contributed by atoms with E-state index in [9.17, 15) is 4.79 Å². The normalized spacial score (nSPS) is 10.3.